The van der Waals surface area contributed by atoms with Gasteiger partial charge in [-0.3, -0.25) is 29.4 Å². The molecule has 2 aromatic rings. The Kier molecular flexibility index (Phi) is 5.10. The van der Waals surface area contributed by atoms with Gasteiger partial charge in [-0.05, 0) is 42.8 Å². The number of carbonyl (C=O) groups excluding carboxylic acids is 5. The van der Waals surface area contributed by atoms with Crippen LogP contribution in [-0.2, 0) is 15.1 Å². The van der Waals surface area contributed by atoms with Crippen LogP contribution in [0.25, 0.3) is 0 Å². The topological polar surface area (TPSA) is 125 Å². The maximum Gasteiger partial charge on any atom is 0.322 e. The van der Waals surface area contributed by atoms with Crippen LogP contribution in [0.1, 0.15) is 39.6 Å². The van der Waals surface area contributed by atoms with Gasteiger partial charge in [-0.25, -0.2) is 4.79 Å². The van der Waals surface area contributed by atoms with E-state index in [0.717, 1.165) is 4.90 Å². The predicted molar refractivity (Wildman–Crippen MR) is 113 cm³/mol. The summed E-state index contributed by atoms with van der Waals surface area (Å²) in [5.41, 5.74) is 0.291. The fourth-order valence-electron chi connectivity index (χ4n) is 3.56. The molecule has 0 radical (unpaired) electrons. The highest BCUT2D eigenvalue weighted by atomic mass is 79.9. The van der Waals surface area contributed by atoms with Crippen LogP contribution in [0.2, 0.25) is 0 Å². The fraction of sp³-hybridized carbons (Fsp3) is 0.190. The minimum absolute atomic E-state index is 0.0638. The van der Waals surface area contributed by atoms with Crippen molar-refractivity contribution in [3.05, 3.63) is 63.6 Å². The van der Waals surface area contributed by atoms with Gasteiger partial charge >= 0.3 is 6.03 Å². The van der Waals surface area contributed by atoms with E-state index in [1.165, 1.54) is 0 Å². The van der Waals surface area contributed by atoms with Crippen LogP contribution in [-0.4, -0.2) is 41.1 Å². The third kappa shape index (κ3) is 3.70. The number of amides is 6. The van der Waals surface area contributed by atoms with Gasteiger partial charge in [0.2, 0.25) is 5.91 Å². The zero-order valence-corrected chi connectivity index (χ0v) is 17.9. The van der Waals surface area contributed by atoms with Crippen LogP contribution in [0.3, 0.4) is 0 Å². The van der Waals surface area contributed by atoms with Gasteiger partial charge in [0.15, 0.2) is 0 Å². The van der Waals surface area contributed by atoms with Gasteiger partial charge in [0.1, 0.15) is 5.54 Å². The van der Waals surface area contributed by atoms with Crippen molar-refractivity contribution in [2.75, 3.05) is 11.9 Å². The van der Waals surface area contributed by atoms with E-state index in [2.05, 4.69) is 31.9 Å². The van der Waals surface area contributed by atoms with Gasteiger partial charge in [0.25, 0.3) is 17.7 Å². The number of nitrogens with one attached hydrogen (secondary N) is 3. The Bertz CT molecular complexity index is 1160. The second kappa shape index (κ2) is 7.62. The van der Waals surface area contributed by atoms with Crippen LogP contribution in [0.5, 0.6) is 0 Å². The molecular weight excluding hydrogens is 468 g/mol. The average molecular weight is 485 g/mol. The number of nitrogens with zero attached hydrogens (tertiary/aromatic N) is 1. The van der Waals surface area contributed by atoms with Gasteiger partial charge in [0.05, 0.1) is 11.1 Å². The second-order valence-corrected chi connectivity index (χ2v) is 8.28. The molecule has 3 N–H and O–H groups in total. The van der Waals surface area contributed by atoms with Crippen molar-refractivity contribution in [2.24, 2.45) is 0 Å². The Morgan fingerprint density at radius 1 is 1.06 bits per heavy atom. The number of anilines is 1. The molecule has 158 valence electrons. The van der Waals surface area contributed by atoms with E-state index < -0.39 is 35.2 Å². The van der Waals surface area contributed by atoms with Crippen LogP contribution >= 0.6 is 15.9 Å². The van der Waals surface area contributed by atoms with Gasteiger partial charge in [0, 0.05) is 23.1 Å². The maximum atomic E-state index is 12.5. The molecule has 2 heterocycles. The van der Waals surface area contributed by atoms with Crippen molar-refractivity contribution in [3.63, 3.8) is 0 Å². The lowest BCUT2D eigenvalue weighted by molar-refractivity contribution is -0.123. The highest BCUT2D eigenvalue weighted by Gasteiger charge is 2.43. The summed E-state index contributed by atoms with van der Waals surface area (Å²) in [6.45, 7) is 1.50. The highest BCUT2D eigenvalue weighted by Crippen LogP contribution is 2.28. The summed E-state index contributed by atoms with van der Waals surface area (Å²) < 4.78 is 0.688. The Morgan fingerprint density at radius 3 is 2.52 bits per heavy atom. The van der Waals surface area contributed by atoms with E-state index in [4.69, 9.17) is 0 Å². The van der Waals surface area contributed by atoms with Crippen molar-refractivity contribution in [1.29, 1.82) is 0 Å². The number of urea groups is 1. The largest absolute Gasteiger partial charge is 0.326 e. The van der Waals surface area contributed by atoms with Crippen molar-refractivity contribution in [3.8, 4) is 0 Å². The molecular formula is C21H17BrN4O5. The van der Waals surface area contributed by atoms with Crippen LogP contribution in [0, 0.1) is 0 Å². The van der Waals surface area contributed by atoms with Crippen molar-refractivity contribution in [1.82, 2.24) is 15.5 Å². The summed E-state index contributed by atoms with van der Waals surface area (Å²) in [5, 5.41) is 7.45. The van der Waals surface area contributed by atoms with Gasteiger partial charge in [-0.2, -0.15) is 0 Å². The number of hydrogen-bond donors (Lipinski definition) is 3. The summed E-state index contributed by atoms with van der Waals surface area (Å²) in [6.07, 6.45) is -0.0919. The molecule has 2 aliphatic rings. The molecule has 0 aromatic heterocycles. The van der Waals surface area contributed by atoms with Gasteiger partial charge in [-0.15, -0.1) is 0 Å². The molecule has 31 heavy (non-hydrogen) atoms. The molecule has 0 spiro atoms. The van der Waals surface area contributed by atoms with Crippen molar-refractivity contribution < 1.29 is 24.0 Å². The molecule has 1 saturated heterocycles. The van der Waals surface area contributed by atoms with E-state index >= 15 is 0 Å². The van der Waals surface area contributed by atoms with Crippen molar-refractivity contribution >= 4 is 51.3 Å². The third-order valence-electron chi connectivity index (χ3n) is 5.26. The molecule has 0 saturated carbocycles. The van der Waals surface area contributed by atoms with E-state index in [0.29, 0.717) is 26.9 Å². The zero-order valence-electron chi connectivity index (χ0n) is 16.3. The van der Waals surface area contributed by atoms with Gasteiger partial charge in [-0.1, -0.05) is 28.1 Å². The first-order chi connectivity index (χ1) is 14.7. The molecule has 2 aromatic carbocycles. The van der Waals surface area contributed by atoms with Crippen LogP contribution < -0.4 is 16.0 Å². The Morgan fingerprint density at radius 2 is 1.81 bits per heavy atom. The summed E-state index contributed by atoms with van der Waals surface area (Å²) >= 11 is 3.28. The van der Waals surface area contributed by atoms with E-state index in [9.17, 15) is 24.0 Å². The lowest BCUT2D eigenvalue weighted by atomic mass is 9.92. The minimum atomic E-state index is -1.24. The number of halogens is 1. The van der Waals surface area contributed by atoms with Crippen LogP contribution in [0.15, 0.2) is 46.9 Å². The standard InChI is InChI=1S/C21H17BrN4O5/c1-21(19(30)24-20(31)25-21)11-3-2-4-13(9-11)23-16(27)7-8-26-17(28)14-6-5-12(22)10-15(14)18(26)29/h2-6,9-10H,7-8H2,1H3,(H,23,27)(H2,24,25,30,31). The first kappa shape index (κ1) is 20.7. The molecule has 9 nitrogen and oxygen atoms in total. The van der Waals surface area contributed by atoms with Gasteiger partial charge < -0.3 is 10.6 Å². The summed E-state index contributed by atoms with van der Waals surface area (Å²) in [4.78, 5) is 62.0. The molecule has 4 rings (SSSR count). The Balaban J connectivity index is 1.41. The molecule has 1 unspecified atom stereocenters. The van der Waals surface area contributed by atoms with Crippen LogP contribution in [0.4, 0.5) is 10.5 Å². The Hall–Kier alpha value is -3.53. The van der Waals surface area contributed by atoms with E-state index in [1.54, 1.807) is 49.4 Å². The number of benzene rings is 2. The van der Waals surface area contributed by atoms with Crippen molar-refractivity contribution in [2.45, 2.75) is 18.9 Å². The summed E-state index contributed by atoms with van der Waals surface area (Å²) in [5.74, 6) is -1.76. The lowest BCUT2D eigenvalue weighted by Crippen LogP contribution is -2.40. The monoisotopic (exact) mass is 484 g/mol. The third-order valence-corrected chi connectivity index (χ3v) is 5.76. The average Bonchev–Trinajstić information content (AvgIpc) is 3.12. The normalized spacial score (nSPS) is 19.9. The second-order valence-electron chi connectivity index (χ2n) is 7.36. The number of fused-ring (bicyclic) bond motifs is 1. The first-order valence-corrected chi connectivity index (χ1v) is 10.2. The molecule has 1 fully saturated rings. The molecule has 2 aliphatic heterocycles. The summed E-state index contributed by atoms with van der Waals surface area (Å²) in [6, 6.07) is 10.8. The van der Waals surface area contributed by atoms with E-state index in [-0.39, 0.29) is 13.0 Å². The number of carbonyl (C=O) groups is 5. The molecule has 6 amide bonds. The number of hydrogen-bond acceptors (Lipinski definition) is 5. The SMILES string of the molecule is CC1(c2cccc(NC(=O)CCN3C(=O)c4ccc(Br)cc4C3=O)c2)NC(=O)NC1=O. The summed E-state index contributed by atoms with van der Waals surface area (Å²) in [7, 11) is 0. The fourth-order valence-corrected chi connectivity index (χ4v) is 3.92. The minimum Gasteiger partial charge on any atom is -0.326 e. The van der Waals surface area contributed by atoms with E-state index in [1.807, 2.05) is 0 Å². The zero-order chi connectivity index (χ0) is 22.3. The first-order valence-electron chi connectivity index (χ1n) is 9.39. The quantitative estimate of drug-likeness (QED) is 0.442. The smallest absolute Gasteiger partial charge is 0.322 e. The highest BCUT2D eigenvalue weighted by molar-refractivity contribution is 9.10. The molecule has 10 heteroatoms. The number of rotatable bonds is 5. The maximum absolute atomic E-state index is 12.5. The predicted octanol–water partition coefficient (Wildman–Crippen LogP) is 2.13. The Labute approximate surface area is 185 Å². The molecule has 0 aliphatic carbocycles. The number of imide groups is 2. The lowest BCUT2D eigenvalue weighted by Gasteiger charge is -2.21. The molecule has 0 bridgehead atoms. The molecule has 1 atom stereocenters.